The second-order valence-electron chi connectivity index (χ2n) is 3.98. The van der Waals surface area contributed by atoms with E-state index in [9.17, 15) is 9.59 Å². The molecule has 5 heteroatoms. The number of hydrogen-bond donors (Lipinski definition) is 3. The first-order valence-corrected chi connectivity index (χ1v) is 5.89. The molecule has 0 fully saturated rings. The lowest BCUT2D eigenvalue weighted by Crippen LogP contribution is -2.24. The van der Waals surface area contributed by atoms with Crippen LogP contribution in [-0.4, -0.2) is 25.4 Å². The number of benzene rings is 1. The number of amides is 2. The molecule has 0 radical (unpaired) electrons. The standard InChI is InChI=1S/C13H19N3O2/c1-10(17)16-12-5-3-11(4-6-12)9-15-8-7-13(18)14-2/h3-6,15H,7-9H2,1-2H3,(H,14,18)(H,16,17). The van der Waals surface area contributed by atoms with Crippen molar-refractivity contribution in [3.05, 3.63) is 29.8 Å². The van der Waals surface area contributed by atoms with Gasteiger partial charge in [0.1, 0.15) is 0 Å². The van der Waals surface area contributed by atoms with Gasteiger partial charge in [-0.1, -0.05) is 12.1 Å². The molecule has 3 N–H and O–H groups in total. The summed E-state index contributed by atoms with van der Waals surface area (Å²) < 4.78 is 0. The van der Waals surface area contributed by atoms with Crippen LogP contribution in [-0.2, 0) is 16.1 Å². The Balaban J connectivity index is 2.31. The van der Waals surface area contributed by atoms with Crippen molar-refractivity contribution >= 4 is 17.5 Å². The first kappa shape index (κ1) is 14.2. The zero-order valence-corrected chi connectivity index (χ0v) is 10.7. The highest BCUT2D eigenvalue weighted by atomic mass is 16.2. The van der Waals surface area contributed by atoms with Gasteiger partial charge in [-0.15, -0.1) is 0 Å². The van der Waals surface area contributed by atoms with Gasteiger partial charge >= 0.3 is 0 Å². The first-order valence-electron chi connectivity index (χ1n) is 5.89. The van der Waals surface area contributed by atoms with Crippen LogP contribution in [0.25, 0.3) is 0 Å². The Morgan fingerprint density at radius 1 is 1.17 bits per heavy atom. The summed E-state index contributed by atoms with van der Waals surface area (Å²) in [4.78, 5) is 21.8. The minimum Gasteiger partial charge on any atom is -0.359 e. The average Bonchev–Trinajstić information content (AvgIpc) is 2.35. The number of carbonyl (C=O) groups excluding carboxylic acids is 2. The van der Waals surface area contributed by atoms with Gasteiger partial charge in [0.15, 0.2) is 0 Å². The van der Waals surface area contributed by atoms with Crippen LogP contribution < -0.4 is 16.0 Å². The van der Waals surface area contributed by atoms with Gasteiger partial charge in [-0.3, -0.25) is 9.59 Å². The fourth-order valence-electron chi connectivity index (χ4n) is 1.47. The highest BCUT2D eigenvalue weighted by Gasteiger charge is 1.98. The summed E-state index contributed by atoms with van der Waals surface area (Å²) in [5.74, 6) is -0.0463. The number of rotatable bonds is 6. The van der Waals surface area contributed by atoms with Crippen LogP contribution >= 0.6 is 0 Å². The fourth-order valence-corrected chi connectivity index (χ4v) is 1.47. The Morgan fingerprint density at radius 2 is 1.83 bits per heavy atom. The largest absolute Gasteiger partial charge is 0.359 e. The van der Waals surface area contributed by atoms with Crippen LogP contribution in [0.1, 0.15) is 18.9 Å². The Morgan fingerprint density at radius 3 is 2.39 bits per heavy atom. The highest BCUT2D eigenvalue weighted by molar-refractivity contribution is 5.88. The lowest BCUT2D eigenvalue weighted by molar-refractivity contribution is -0.120. The molecule has 0 heterocycles. The van der Waals surface area contributed by atoms with E-state index in [0.717, 1.165) is 11.3 Å². The maximum atomic E-state index is 11.0. The molecule has 0 atom stereocenters. The molecule has 0 aliphatic rings. The zero-order chi connectivity index (χ0) is 13.4. The Bertz CT molecular complexity index is 401. The van der Waals surface area contributed by atoms with Gasteiger partial charge in [0.05, 0.1) is 0 Å². The minimum absolute atomic E-state index is 0.0310. The van der Waals surface area contributed by atoms with Gasteiger partial charge in [0.25, 0.3) is 0 Å². The quantitative estimate of drug-likeness (QED) is 0.655. The van der Waals surface area contributed by atoms with E-state index >= 15 is 0 Å². The zero-order valence-electron chi connectivity index (χ0n) is 10.7. The molecule has 1 aromatic rings. The topological polar surface area (TPSA) is 70.2 Å². The molecule has 2 amide bonds. The van der Waals surface area contributed by atoms with E-state index in [1.165, 1.54) is 6.92 Å². The molecule has 0 aromatic heterocycles. The average molecular weight is 249 g/mol. The lowest BCUT2D eigenvalue weighted by atomic mass is 10.2. The third-order valence-electron chi connectivity index (χ3n) is 2.41. The van der Waals surface area contributed by atoms with E-state index in [4.69, 9.17) is 0 Å². The Kier molecular flexibility index (Phi) is 5.87. The predicted octanol–water partition coefficient (Wildman–Crippen LogP) is 0.871. The fraction of sp³-hybridized carbons (Fsp3) is 0.385. The van der Waals surface area contributed by atoms with Gasteiger partial charge in [-0.25, -0.2) is 0 Å². The van der Waals surface area contributed by atoms with E-state index in [0.29, 0.717) is 19.5 Å². The molecule has 98 valence electrons. The summed E-state index contributed by atoms with van der Waals surface area (Å²) in [6.07, 6.45) is 0.473. The van der Waals surface area contributed by atoms with Crippen LogP contribution in [0.4, 0.5) is 5.69 Å². The van der Waals surface area contributed by atoms with Crippen molar-refractivity contribution in [2.24, 2.45) is 0 Å². The van der Waals surface area contributed by atoms with E-state index in [2.05, 4.69) is 16.0 Å². The monoisotopic (exact) mass is 249 g/mol. The molecule has 0 saturated heterocycles. The molecule has 5 nitrogen and oxygen atoms in total. The molecule has 18 heavy (non-hydrogen) atoms. The van der Waals surface area contributed by atoms with E-state index in [-0.39, 0.29) is 11.8 Å². The van der Waals surface area contributed by atoms with Gasteiger partial charge in [0.2, 0.25) is 11.8 Å². The molecular weight excluding hydrogens is 230 g/mol. The van der Waals surface area contributed by atoms with Crippen molar-refractivity contribution in [2.45, 2.75) is 19.9 Å². The second-order valence-corrected chi connectivity index (χ2v) is 3.98. The highest BCUT2D eigenvalue weighted by Crippen LogP contribution is 2.09. The molecule has 1 aromatic carbocycles. The molecular formula is C13H19N3O2. The van der Waals surface area contributed by atoms with E-state index < -0.39 is 0 Å². The normalized spacial score (nSPS) is 9.89. The summed E-state index contributed by atoms with van der Waals surface area (Å²) in [6, 6.07) is 7.60. The number of hydrogen-bond acceptors (Lipinski definition) is 3. The van der Waals surface area contributed by atoms with Crippen molar-refractivity contribution in [3.8, 4) is 0 Å². The maximum Gasteiger partial charge on any atom is 0.221 e. The molecule has 0 spiro atoms. The molecule has 0 bridgehead atoms. The second kappa shape index (κ2) is 7.45. The minimum atomic E-state index is -0.0774. The molecule has 0 unspecified atom stereocenters. The maximum absolute atomic E-state index is 11.0. The Hall–Kier alpha value is -1.88. The van der Waals surface area contributed by atoms with Crippen molar-refractivity contribution in [1.29, 1.82) is 0 Å². The number of anilines is 1. The van der Waals surface area contributed by atoms with Gasteiger partial charge < -0.3 is 16.0 Å². The lowest BCUT2D eigenvalue weighted by Gasteiger charge is -2.06. The summed E-state index contributed by atoms with van der Waals surface area (Å²) in [7, 11) is 1.63. The molecule has 0 saturated carbocycles. The van der Waals surface area contributed by atoms with Gasteiger partial charge in [-0.05, 0) is 17.7 Å². The van der Waals surface area contributed by atoms with Crippen LogP contribution in [0.3, 0.4) is 0 Å². The van der Waals surface area contributed by atoms with E-state index in [1.807, 2.05) is 24.3 Å². The van der Waals surface area contributed by atoms with Crippen molar-refractivity contribution in [1.82, 2.24) is 10.6 Å². The Labute approximate surface area is 107 Å². The van der Waals surface area contributed by atoms with Crippen molar-refractivity contribution < 1.29 is 9.59 Å². The number of nitrogens with one attached hydrogen (secondary N) is 3. The van der Waals surface area contributed by atoms with Crippen LogP contribution in [0.5, 0.6) is 0 Å². The van der Waals surface area contributed by atoms with Crippen LogP contribution in [0, 0.1) is 0 Å². The third-order valence-corrected chi connectivity index (χ3v) is 2.41. The van der Waals surface area contributed by atoms with Crippen LogP contribution in [0.2, 0.25) is 0 Å². The SMILES string of the molecule is CNC(=O)CCNCc1ccc(NC(C)=O)cc1. The van der Waals surface area contributed by atoms with E-state index in [1.54, 1.807) is 7.05 Å². The third kappa shape index (κ3) is 5.45. The molecule has 0 aliphatic heterocycles. The van der Waals surface area contributed by atoms with Gasteiger partial charge in [-0.2, -0.15) is 0 Å². The number of carbonyl (C=O) groups is 2. The molecule has 1 rings (SSSR count). The van der Waals surface area contributed by atoms with Crippen molar-refractivity contribution in [2.75, 3.05) is 18.9 Å². The predicted molar refractivity (Wildman–Crippen MR) is 71.1 cm³/mol. The summed E-state index contributed by atoms with van der Waals surface area (Å²) >= 11 is 0. The molecule has 0 aliphatic carbocycles. The smallest absolute Gasteiger partial charge is 0.221 e. The summed E-state index contributed by atoms with van der Waals surface area (Å²) in [5, 5.41) is 8.46. The summed E-state index contributed by atoms with van der Waals surface area (Å²) in [5.41, 5.74) is 1.90. The summed E-state index contributed by atoms with van der Waals surface area (Å²) in [6.45, 7) is 2.83. The van der Waals surface area contributed by atoms with Crippen LogP contribution in [0.15, 0.2) is 24.3 Å². The first-order chi connectivity index (χ1) is 8.61. The van der Waals surface area contributed by atoms with Gasteiger partial charge in [0, 0.05) is 39.2 Å². The van der Waals surface area contributed by atoms with Crippen molar-refractivity contribution in [3.63, 3.8) is 0 Å².